The molecule has 0 saturated carbocycles. The van der Waals surface area contributed by atoms with Gasteiger partial charge in [-0.3, -0.25) is 9.59 Å². The Kier molecular flexibility index (Phi) is 4.50. The zero-order valence-corrected chi connectivity index (χ0v) is 9.75. The van der Waals surface area contributed by atoms with Crippen molar-refractivity contribution in [2.24, 2.45) is 0 Å². The number of rotatable bonds is 5. The third-order valence-corrected chi connectivity index (χ3v) is 2.52. The molecule has 0 aliphatic rings. The van der Waals surface area contributed by atoms with Gasteiger partial charge in [0.25, 0.3) is 0 Å². The van der Waals surface area contributed by atoms with Crippen molar-refractivity contribution in [3.63, 3.8) is 0 Å². The first-order valence-corrected chi connectivity index (χ1v) is 5.39. The van der Waals surface area contributed by atoms with Crippen molar-refractivity contribution in [2.75, 3.05) is 0 Å². The summed E-state index contributed by atoms with van der Waals surface area (Å²) in [6.07, 6.45) is 0.656. The maximum atomic E-state index is 11.7. The zero-order valence-electron chi connectivity index (χ0n) is 9.00. The number of carboxylic acid groups (broad SMARTS) is 1. The molecule has 0 saturated heterocycles. The van der Waals surface area contributed by atoms with E-state index in [1.807, 2.05) is 6.92 Å². The van der Waals surface area contributed by atoms with Crippen LogP contribution in [-0.4, -0.2) is 16.9 Å². The number of aryl methyl sites for hydroxylation is 1. The van der Waals surface area contributed by atoms with Crippen molar-refractivity contribution in [1.29, 1.82) is 0 Å². The standard InChI is InChI=1S/C12H13ClO3/c1-8-7-9(13)5-6-10(8)11(14)3-2-4-12(15)16/h5-7H,2-4H2,1H3,(H,15,16). The van der Waals surface area contributed by atoms with Crippen LogP contribution in [0.25, 0.3) is 0 Å². The van der Waals surface area contributed by atoms with Crippen LogP contribution in [0.4, 0.5) is 0 Å². The molecule has 0 amide bonds. The fourth-order valence-electron chi connectivity index (χ4n) is 1.47. The lowest BCUT2D eigenvalue weighted by atomic mass is 10.0. The monoisotopic (exact) mass is 240 g/mol. The average molecular weight is 241 g/mol. The van der Waals surface area contributed by atoms with E-state index in [1.165, 1.54) is 0 Å². The van der Waals surface area contributed by atoms with E-state index in [0.29, 0.717) is 17.0 Å². The van der Waals surface area contributed by atoms with Crippen LogP contribution in [0.2, 0.25) is 5.02 Å². The number of hydrogen-bond donors (Lipinski definition) is 1. The highest BCUT2D eigenvalue weighted by atomic mass is 35.5. The van der Waals surface area contributed by atoms with Crippen LogP contribution >= 0.6 is 11.6 Å². The summed E-state index contributed by atoms with van der Waals surface area (Å²) < 4.78 is 0. The highest BCUT2D eigenvalue weighted by Crippen LogP contribution is 2.17. The second-order valence-electron chi connectivity index (χ2n) is 3.63. The normalized spacial score (nSPS) is 10.1. The molecule has 0 fully saturated rings. The van der Waals surface area contributed by atoms with Gasteiger partial charge >= 0.3 is 5.97 Å². The van der Waals surface area contributed by atoms with Crippen molar-refractivity contribution < 1.29 is 14.7 Å². The molecule has 0 aliphatic carbocycles. The minimum Gasteiger partial charge on any atom is -0.481 e. The Bertz CT molecular complexity index is 413. The lowest BCUT2D eigenvalue weighted by Gasteiger charge is -2.04. The Labute approximate surface area is 99.0 Å². The van der Waals surface area contributed by atoms with Gasteiger partial charge in [-0.25, -0.2) is 0 Å². The molecule has 1 aromatic carbocycles. The fourth-order valence-corrected chi connectivity index (χ4v) is 1.70. The lowest BCUT2D eigenvalue weighted by Crippen LogP contribution is -2.03. The quantitative estimate of drug-likeness (QED) is 0.805. The molecule has 0 atom stereocenters. The summed E-state index contributed by atoms with van der Waals surface area (Å²) in [5.41, 5.74) is 1.45. The van der Waals surface area contributed by atoms with Crippen molar-refractivity contribution in [2.45, 2.75) is 26.2 Å². The largest absolute Gasteiger partial charge is 0.481 e. The summed E-state index contributed by atoms with van der Waals surface area (Å²) in [6.45, 7) is 1.82. The van der Waals surface area contributed by atoms with Gasteiger partial charge in [0.2, 0.25) is 0 Å². The number of aliphatic carboxylic acids is 1. The van der Waals surface area contributed by atoms with Gasteiger partial charge in [0, 0.05) is 23.4 Å². The second-order valence-corrected chi connectivity index (χ2v) is 4.07. The Morgan fingerprint density at radius 2 is 2.00 bits per heavy atom. The number of Topliss-reactive ketones (excluding diaryl/α,β-unsaturated/α-hetero) is 1. The molecule has 0 aliphatic heterocycles. The van der Waals surface area contributed by atoms with E-state index in [1.54, 1.807) is 18.2 Å². The molecule has 1 N–H and O–H groups in total. The molecule has 4 heteroatoms. The topological polar surface area (TPSA) is 54.4 Å². The van der Waals surface area contributed by atoms with Crippen LogP contribution in [0.15, 0.2) is 18.2 Å². The Morgan fingerprint density at radius 1 is 1.31 bits per heavy atom. The number of halogens is 1. The number of carbonyl (C=O) groups is 2. The SMILES string of the molecule is Cc1cc(Cl)ccc1C(=O)CCCC(=O)O. The average Bonchev–Trinajstić information content (AvgIpc) is 2.16. The summed E-state index contributed by atoms with van der Waals surface area (Å²) >= 11 is 5.78. The maximum absolute atomic E-state index is 11.7. The third kappa shape index (κ3) is 3.66. The Morgan fingerprint density at radius 3 is 2.56 bits per heavy atom. The van der Waals surface area contributed by atoms with E-state index >= 15 is 0 Å². The number of carboxylic acids is 1. The highest BCUT2D eigenvalue weighted by molar-refractivity contribution is 6.30. The molecule has 16 heavy (non-hydrogen) atoms. The molecule has 3 nitrogen and oxygen atoms in total. The van der Waals surface area contributed by atoms with Gasteiger partial charge in [-0.2, -0.15) is 0 Å². The van der Waals surface area contributed by atoms with Crippen LogP contribution in [0.3, 0.4) is 0 Å². The predicted molar refractivity (Wildman–Crippen MR) is 62.0 cm³/mol. The van der Waals surface area contributed by atoms with Gasteiger partial charge < -0.3 is 5.11 Å². The van der Waals surface area contributed by atoms with Crippen LogP contribution in [-0.2, 0) is 4.79 Å². The third-order valence-electron chi connectivity index (χ3n) is 2.28. The summed E-state index contributed by atoms with van der Waals surface area (Å²) in [5.74, 6) is -0.906. The Balaban J connectivity index is 2.63. The molecular weight excluding hydrogens is 228 g/mol. The van der Waals surface area contributed by atoms with E-state index in [-0.39, 0.29) is 18.6 Å². The van der Waals surface area contributed by atoms with E-state index in [4.69, 9.17) is 16.7 Å². The minimum absolute atomic E-state index is 0.0262. The maximum Gasteiger partial charge on any atom is 0.303 e. The van der Waals surface area contributed by atoms with Crippen molar-refractivity contribution >= 4 is 23.4 Å². The van der Waals surface area contributed by atoms with Crippen LogP contribution in [0.5, 0.6) is 0 Å². The first-order valence-electron chi connectivity index (χ1n) is 5.02. The van der Waals surface area contributed by atoms with Crippen LogP contribution in [0, 0.1) is 6.92 Å². The highest BCUT2D eigenvalue weighted by Gasteiger charge is 2.09. The van der Waals surface area contributed by atoms with Gasteiger partial charge in [0.1, 0.15) is 0 Å². The molecule has 0 bridgehead atoms. The summed E-state index contributed by atoms with van der Waals surface area (Å²) in [5, 5.41) is 9.06. The molecule has 86 valence electrons. The van der Waals surface area contributed by atoms with Crippen LogP contribution in [0.1, 0.15) is 35.2 Å². The van der Waals surface area contributed by atoms with E-state index in [0.717, 1.165) is 5.56 Å². The van der Waals surface area contributed by atoms with E-state index in [9.17, 15) is 9.59 Å². The molecular formula is C12H13ClO3. The summed E-state index contributed by atoms with van der Waals surface area (Å²) in [7, 11) is 0. The second kappa shape index (κ2) is 5.66. The molecule has 1 rings (SSSR count). The van der Waals surface area contributed by atoms with Gasteiger partial charge in [-0.1, -0.05) is 11.6 Å². The summed E-state index contributed by atoms with van der Waals surface area (Å²) in [6, 6.07) is 5.08. The van der Waals surface area contributed by atoms with Gasteiger partial charge in [-0.05, 0) is 37.1 Å². The van der Waals surface area contributed by atoms with Crippen LogP contribution < -0.4 is 0 Å². The number of hydrogen-bond acceptors (Lipinski definition) is 2. The zero-order chi connectivity index (χ0) is 12.1. The minimum atomic E-state index is -0.874. The van der Waals surface area contributed by atoms with Crippen molar-refractivity contribution in [3.8, 4) is 0 Å². The number of benzene rings is 1. The van der Waals surface area contributed by atoms with Crippen molar-refractivity contribution in [1.82, 2.24) is 0 Å². The fraction of sp³-hybridized carbons (Fsp3) is 0.333. The molecule has 0 radical (unpaired) electrons. The predicted octanol–water partition coefficient (Wildman–Crippen LogP) is 3.09. The van der Waals surface area contributed by atoms with Crippen molar-refractivity contribution in [3.05, 3.63) is 34.3 Å². The number of ketones is 1. The number of carbonyl (C=O) groups excluding carboxylic acids is 1. The smallest absolute Gasteiger partial charge is 0.303 e. The summed E-state index contributed by atoms with van der Waals surface area (Å²) in [4.78, 5) is 22.0. The molecule has 0 spiro atoms. The Hall–Kier alpha value is -1.35. The first kappa shape index (κ1) is 12.7. The van der Waals surface area contributed by atoms with E-state index < -0.39 is 5.97 Å². The molecule has 0 unspecified atom stereocenters. The lowest BCUT2D eigenvalue weighted by molar-refractivity contribution is -0.137. The first-order chi connectivity index (χ1) is 7.50. The molecule has 0 heterocycles. The van der Waals surface area contributed by atoms with Gasteiger partial charge in [0.05, 0.1) is 0 Å². The van der Waals surface area contributed by atoms with Gasteiger partial charge in [-0.15, -0.1) is 0 Å². The van der Waals surface area contributed by atoms with E-state index in [2.05, 4.69) is 0 Å². The molecule has 0 aromatic heterocycles. The van der Waals surface area contributed by atoms with Gasteiger partial charge in [0.15, 0.2) is 5.78 Å². The molecule has 1 aromatic rings.